The second-order valence-corrected chi connectivity index (χ2v) is 6.24. The van der Waals surface area contributed by atoms with Crippen molar-refractivity contribution in [1.29, 1.82) is 0 Å². The smallest absolute Gasteiger partial charge is 0.180 e. The molecule has 4 nitrogen and oxygen atoms in total. The molecule has 0 aliphatic carbocycles. The van der Waals surface area contributed by atoms with Crippen LogP contribution in [0.25, 0.3) is 0 Å². The van der Waals surface area contributed by atoms with Crippen LogP contribution in [-0.2, 0) is 11.0 Å². The van der Waals surface area contributed by atoms with Gasteiger partial charge in [0.25, 0.3) is 0 Å². The molecule has 4 heteroatoms. The topological polar surface area (TPSA) is 43.9 Å². The van der Waals surface area contributed by atoms with Crippen molar-refractivity contribution in [2.24, 2.45) is 0 Å². The molecule has 0 radical (unpaired) electrons. The standard InChI is InChI=1S/C7H12N2.C7H11NO/c1-7(2,3)9-6-4-5-8-9;1-7(2,3)6-4-8-5-9-6/h4-6H,1-3H3;4-5H,1-3H3. The molecule has 0 unspecified atom stereocenters. The van der Waals surface area contributed by atoms with Crippen molar-refractivity contribution in [3.05, 3.63) is 36.8 Å². The van der Waals surface area contributed by atoms with Gasteiger partial charge in [-0.05, 0) is 26.8 Å². The van der Waals surface area contributed by atoms with Crippen LogP contribution in [0, 0.1) is 0 Å². The van der Waals surface area contributed by atoms with E-state index in [9.17, 15) is 0 Å². The van der Waals surface area contributed by atoms with E-state index in [1.54, 1.807) is 12.4 Å². The maximum Gasteiger partial charge on any atom is 0.180 e. The fourth-order valence-electron chi connectivity index (χ4n) is 1.25. The first-order valence-electron chi connectivity index (χ1n) is 6.10. The minimum Gasteiger partial charge on any atom is -0.448 e. The van der Waals surface area contributed by atoms with Gasteiger partial charge < -0.3 is 4.42 Å². The first kappa shape index (κ1) is 14.5. The normalized spacial score (nSPS) is 11.9. The van der Waals surface area contributed by atoms with E-state index in [2.05, 4.69) is 51.6 Å². The Kier molecular flexibility index (Phi) is 4.33. The third kappa shape index (κ3) is 4.35. The van der Waals surface area contributed by atoms with Gasteiger partial charge in [-0.3, -0.25) is 4.68 Å². The maximum atomic E-state index is 5.09. The highest BCUT2D eigenvalue weighted by Crippen LogP contribution is 2.20. The molecule has 0 saturated heterocycles. The molecule has 18 heavy (non-hydrogen) atoms. The van der Waals surface area contributed by atoms with Crippen LogP contribution >= 0.6 is 0 Å². The number of rotatable bonds is 0. The van der Waals surface area contributed by atoms with E-state index in [-0.39, 0.29) is 11.0 Å². The third-order valence-corrected chi connectivity index (χ3v) is 2.36. The van der Waals surface area contributed by atoms with Gasteiger partial charge in [0.1, 0.15) is 5.76 Å². The molecule has 0 aliphatic rings. The summed E-state index contributed by atoms with van der Waals surface area (Å²) in [5.41, 5.74) is 0.222. The average molecular weight is 249 g/mol. The van der Waals surface area contributed by atoms with Gasteiger partial charge in [-0.1, -0.05) is 20.8 Å². The van der Waals surface area contributed by atoms with Crippen molar-refractivity contribution in [2.75, 3.05) is 0 Å². The van der Waals surface area contributed by atoms with E-state index in [1.165, 1.54) is 6.39 Å². The van der Waals surface area contributed by atoms with Crippen LogP contribution in [0.4, 0.5) is 0 Å². The highest BCUT2D eigenvalue weighted by molar-refractivity contribution is 5.02. The quantitative estimate of drug-likeness (QED) is 0.716. The molecule has 0 spiro atoms. The second kappa shape index (κ2) is 5.38. The van der Waals surface area contributed by atoms with Gasteiger partial charge in [0.2, 0.25) is 0 Å². The zero-order valence-corrected chi connectivity index (χ0v) is 12.1. The van der Waals surface area contributed by atoms with Crippen molar-refractivity contribution >= 4 is 0 Å². The highest BCUT2D eigenvalue weighted by atomic mass is 16.3. The van der Waals surface area contributed by atoms with Crippen LogP contribution in [0.2, 0.25) is 0 Å². The molecule has 100 valence electrons. The van der Waals surface area contributed by atoms with Crippen LogP contribution in [0.3, 0.4) is 0 Å². The Morgan fingerprint density at radius 1 is 1.11 bits per heavy atom. The van der Waals surface area contributed by atoms with Crippen LogP contribution < -0.4 is 0 Å². The Bertz CT molecular complexity index is 386. The van der Waals surface area contributed by atoms with Gasteiger partial charge in [-0.2, -0.15) is 5.10 Å². The summed E-state index contributed by atoms with van der Waals surface area (Å²) >= 11 is 0. The zero-order valence-electron chi connectivity index (χ0n) is 12.1. The maximum absolute atomic E-state index is 5.09. The predicted octanol–water partition coefficient (Wildman–Crippen LogP) is 3.61. The summed E-state index contributed by atoms with van der Waals surface area (Å²) in [6.07, 6.45) is 6.98. The lowest BCUT2D eigenvalue weighted by atomic mass is 9.94. The molecule has 2 heterocycles. The fraction of sp³-hybridized carbons (Fsp3) is 0.571. The molecule has 0 atom stereocenters. The second-order valence-electron chi connectivity index (χ2n) is 6.24. The summed E-state index contributed by atoms with van der Waals surface area (Å²) < 4.78 is 7.02. The molecule has 2 aromatic heterocycles. The number of oxazole rings is 1. The Hall–Kier alpha value is -1.58. The summed E-state index contributed by atoms with van der Waals surface area (Å²) in [5.74, 6) is 0.933. The molecule has 2 aromatic rings. The molecule has 0 N–H and O–H groups in total. The van der Waals surface area contributed by atoms with Crippen molar-refractivity contribution in [3.63, 3.8) is 0 Å². The van der Waals surface area contributed by atoms with Gasteiger partial charge in [-0.15, -0.1) is 0 Å². The van der Waals surface area contributed by atoms with Gasteiger partial charge in [-0.25, -0.2) is 4.98 Å². The summed E-state index contributed by atoms with van der Waals surface area (Å²) in [6.45, 7) is 12.6. The lowest BCUT2D eigenvalue weighted by molar-refractivity contribution is 0.355. The van der Waals surface area contributed by atoms with Crippen LogP contribution in [-0.4, -0.2) is 14.8 Å². The molecule has 0 fully saturated rings. The predicted molar refractivity (Wildman–Crippen MR) is 72.4 cm³/mol. The molecule has 2 rings (SSSR count). The van der Waals surface area contributed by atoms with E-state index in [0.29, 0.717) is 0 Å². The number of nitrogens with zero attached hydrogens (tertiary/aromatic N) is 3. The summed E-state index contributed by atoms with van der Waals surface area (Å²) in [6, 6.07) is 1.94. The van der Waals surface area contributed by atoms with E-state index in [4.69, 9.17) is 4.42 Å². The van der Waals surface area contributed by atoms with Crippen LogP contribution in [0.15, 0.2) is 35.5 Å². The van der Waals surface area contributed by atoms with Crippen molar-refractivity contribution in [2.45, 2.75) is 52.5 Å². The minimum absolute atomic E-state index is 0.0938. The minimum atomic E-state index is 0.0938. The van der Waals surface area contributed by atoms with E-state index in [1.807, 2.05) is 16.9 Å². The van der Waals surface area contributed by atoms with Crippen molar-refractivity contribution in [3.8, 4) is 0 Å². The molecule has 0 aromatic carbocycles. The Morgan fingerprint density at radius 3 is 2.00 bits per heavy atom. The van der Waals surface area contributed by atoms with Crippen LogP contribution in [0.1, 0.15) is 47.3 Å². The molecular formula is C14H23N3O. The fourth-order valence-corrected chi connectivity index (χ4v) is 1.25. The first-order valence-corrected chi connectivity index (χ1v) is 6.10. The summed E-state index contributed by atoms with van der Waals surface area (Å²) in [7, 11) is 0. The zero-order chi connectivity index (χ0) is 13.8. The van der Waals surface area contributed by atoms with Gasteiger partial charge in [0.05, 0.1) is 11.7 Å². The van der Waals surface area contributed by atoms with Gasteiger partial charge in [0, 0.05) is 17.8 Å². The van der Waals surface area contributed by atoms with Crippen molar-refractivity contribution < 1.29 is 4.42 Å². The largest absolute Gasteiger partial charge is 0.448 e. The first-order chi connectivity index (χ1) is 8.21. The summed E-state index contributed by atoms with van der Waals surface area (Å²) in [5, 5.41) is 4.10. The molecular weight excluding hydrogens is 226 g/mol. The van der Waals surface area contributed by atoms with Crippen LogP contribution in [0.5, 0.6) is 0 Å². The third-order valence-electron chi connectivity index (χ3n) is 2.36. The lowest BCUT2D eigenvalue weighted by Crippen LogP contribution is -2.21. The average Bonchev–Trinajstić information content (AvgIpc) is 2.91. The Balaban J connectivity index is 0.000000180. The van der Waals surface area contributed by atoms with Crippen molar-refractivity contribution in [1.82, 2.24) is 14.8 Å². The van der Waals surface area contributed by atoms with Gasteiger partial charge in [0.15, 0.2) is 6.39 Å². The molecule has 0 aliphatic heterocycles. The number of aromatic nitrogens is 3. The monoisotopic (exact) mass is 249 g/mol. The highest BCUT2D eigenvalue weighted by Gasteiger charge is 2.16. The molecule has 0 amide bonds. The number of hydrogen-bond acceptors (Lipinski definition) is 3. The molecule has 0 bridgehead atoms. The SMILES string of the molecule is CC(C)(C)c1cnco1.CC(C)(C)n1cccn1. The molecule has 0 saturated carbocycles. The van der Waals surface area contributed by atoms with E-state index in [0.717, 1.165) is 5.76 Å². The van der Waals surface area contributed by atoms with Gasteiger partial charge >= 0.3 is 0 Å². The van der Waals surface area contributed by atoms with E-state index < -0.39 is 0 Å². The number of hydrogen-bond donors (Lipinski definition) is 0. The van der Waals surface area contributed by atoms with E-state index >= 15 is 0 Å². The summed E-state index contributed by atoms with van der Waals surface area (Å²) in [4.78, 5) is 3.82. The Labute approximate surface area is 109 Å². The Morgan fingerprint density at radius 2 is 1.78 bits per heavy atom. The lowest BCUT2D eigenvalue weighted by Gasteiger charge is -2.18.